The zero-order valence-corrected chi connectivity index (χ0v) is 13.7. The molecule has 0 aromatic heterocycles. The molecule has 3 heteroatoms. The molecule has 3 nitrogen and oxygen atoms in total. The first kappa shape index (κ1) is 17.9. The Morgan fingerprint density at radius 1 is 1.36 bits per heavy atom. The number of allylic oxidation sites excluding steroid dienone is 4. The first-order valence-electron chi connectivity index (χ1n) is 7.76. The van der Waals surface area contributed by atoms with Crippen LogP contribution in [0.2, 0.25) is 0 Å². The quantitative estimate of drug-likeness (QED) is 0.793. The Morgan fingerprint density at radius 2 is 2.05 bits per heavy atom. The van der Waals surface area contributed by atoms with Gasteiger partial charge in [-0.05, 0) is 18.1 Å². The lowest BCUT2D eigenvalue weighted by atomic mass is 9.87. The van der Waals surface area contributed by atoms with Crippen LogP contribution >= 0.6 is 0 Å². The third-order valence-electron chi connectivity index (χ3n) is 3.37. The van der Waals surface area contributed by atoms with Crippen molar-refractivity contribution in [3.63, 3.8) is 0 Å². The maximum Gasteiger partial charge on any atom is 0.152 e. The van der Waals surface area contributed by atoms with Gasteiger partial charge in [-0.3, -0.25) is 0 Å². The van der Waals surface area contributed by atoms with E-state index in [1.165, 1.54) is 0 Å². The Kier molecular flexibility index (Phi) is 6.80. The van der Waals surface area contributed by atoms with E-state index in [0.29, 0.717) is 6.42 Å². The second-order valence-electron chi connectivity index (χ2n) is 4.84. The molecule has 3 N–H and O–H groups in total. The van der Waals surface area contributed by atoms with Crippen LogP contribution in [0.1, 0.15) is 39.2 Å². The predicted octanol–water partition coefficient (Wildman–Crippen LogP) is 4.37. The summed E-state index contributed by atoms with van der Waals surface area (Å²) in [6.45, 7) is 9.78. The number of benzene rings is 1. The lowest BCUT2D eigenvalue weighted by Crippen LogP contribution is -2.38. The van der Waals surface area contributed by atoms with Gasteiger partial charge in [0.1, 0.15) is 5.84 Å². The highest BCUT2D eigenvalue weighted by Gasteiger charge is 2.40. The molecule has 1 heterocycles. The average molecular weight is 298 g/mol. The zero-order valence-electron chi connectivity index (χ0n) is 13.7. The van der Waals surface area contributed by atoms with Crippen molar-refractivity contribution in [3.8, 4) is 0 Å². The predicted molar refractivity (Wildman–Crippen MR) is 95.3 cm³/mol. The molecule has 1 aromatic rings. The van der Waals surface area contributed by atoms with Crippen molar-refractivity contribution in [2.24, 2.45) is 10.7 Å². The van der Waals surface area contributed by atoms with Crippen molar-refractivity contribution in [1.82, 2.24) is 0 Å². The molecule has 1 atom stereocenters. The summed E-state index contributed by atoms with van der Waals surface area (Å²) < 4.78 is 0. The Hall–Kier alpha value is -2.13. The van der Waals surface area contributed by atoms with E-state index in [4.69, 9.17) is 5.73 Å². The van der Waals surface area contributed by atoms with E-state index in [9.17, 15) is 5.11 Å². The van der Waals surface area contributed by atoms with E-state index in [0.717, 1.165) is 23.2 Å². The summed E-state index contributed by atoms with van der Waals surface area (Å²) in [5.41, 5.74) is 7.20. The highest BCUT2D eigenvalue weighted by atomic mass is 16.3. The lowest BCUT2D eigenvalue weighted by Gasteiger charge is -2.24. The third-order valence-corrected chi connectivity index (χ3v) is 3.37. The number of amidine groups is 1. The van der Waals surface area contributed by atoms with Gasteiger partial charge in [0.05, 0.1) is 5.69 Å². The lowest BCUT2D eigenvalue weighted by molar-refractivity contribution is 0.115. The van der Waals surface area contributed by atoms with E-state index in [-0.39, 0.29) is 5.84 Å². The largest absolute Gasteiger partial charge is 0.384 e. The Morgan fingerprint density at radius 3 is 2.68 bits per heavy atom. The number of hydrogen-bond acceptors (Lipinski definition) is 3. The van der Waals surface area contributed by atoms with E-state index in [1.54, 1.807) is 6.08 Å². The van der Waals surface area contributed by atoms with E-state index < -0.39 is 5.60 Å². The highest BCUT2D eigenvalue weighted by molar-refractivity contribution is 5.97. The minimum absolute atomic E-state index is 0.249. The third kappa shape index (κ3) is 3.74. The monoisotopic (exact) mass is 298 g/mol. The van der Waals surface area contributed by atoms with Gasteiger partial charge in [-0.25, -0.2) is 4.99 Å². The SMILES string of the molecule is C=C/C=C(\C=C/CC)CC1(O)C(N)=Nc2ccccc21.CC. The molecule has 0 aliphatic carbocycles. The van der Waals surface area contributed by atoms with Crippen LogP contribution in [0.5, 0.6) is 0 Å². The smallest absolute Gasteiger partial charge is 0.152 e. The van der Waals surface area contributed by atoms with Crippen molar-refractivity contribution in [3.05, 3.63) is 66.3 Å². The molecular weight excluding hydrogens is 272 g/mol. The van der Waals surface area contributed by atoms with Crippen LogP contribution in [-0.2, 0) is 5.60 Å². The van der Waals surface area contributed by atoms with E-state index in [2.05, 4.69) is 18.5 Å². The van der Waals surface area contributed by atoms with Crippen molar-refractivity contribution in [2.45, 2.75) is 39.2 Å². The van der Waals surface area contributed by atoms with Crippen LogP contribution < -0.4 is 5.73 Å². The molecule has 118 valence electrons. The number of nitrogens with zero attached hydrogens (tertiary/aromatic N) is 1. The van der Waals surface area contributed by atoms with Crippen molar-refractivity contribution < 1.29 is 5.11 Å². The van der Waals surface area contributed by atoms with E-state index in [1.807, 2.05) is 56.3 Å². The second kappa shape index (κ2) is 8.35. The second-order valence-corrected chi connectivity index (χ2v) is 4.84. The Labute approximate surface area is 133 Å². The fourth-order valence-electron chi connectivity index (χ4n) is 2.36. The molecule has 1 aromatic carbocycles. The average Bonchev–Trinajstić information content (AvgIpc) is 2.79. The number of hydrogen-bond donors (Lipinski definition) is 2. The van der Waals surface area contributed by atoms with Gasteiger partial charge in [-0.1, -0.05) is 69.9 Å². The molecule has 1 unspecified atom stereocenters. The molecule has 0 spiro atoms. The number of nitrogens with two attached hydrogens (primary N) is 1. The van der Waals surface area contributed by atoms with Gasteiger partial charge in [0.2, 0.25) is 0 Å². The number of rotatable bonds is 5. The number of para-hydroxylation sites is 1. The summed E-state index contributed by atoms with van der Waals surface area (Å²) in [6.07, 6.45) is 8.97. The molecule has 0 amide bonds. The molecule has 0 fully saturated rings. The van der Waals surface area contributed by atoms with Gasteiger partial charge in [-0.15, -0.1) is 0 Å². The fourth-order valence-corrected chi connectivity index (χ4v) is 2.36. The molecule has 0 saturated heterocycles. The number of aliphatic imine (C=N–C) groups is 1. The minimum Gasteiger partial charge on any atom is -0.384 e. The maximum atomic E-state index is 10.9. The van der Waals surface area contributed by atoms with Crippen molar-refractivity contribution >= 4 is 11.5 Å². The Bertz CT molecular complexity index is 599. The van der Waals surface area contributed by atoms with Gasteiger partial charge < -0.3 is 10.8 Å². The van der Waals surface area contributed by atoms with Crippen LogP contribution in [0.25, 0.3) is 0 Å². The normalized spacial score (nSPS) is 20.2. The molecule has 0 radical (unpaired) electrons. The zero-order chi connectivity index (χ0) is 16.6. The molecule has 0 bridgehead atoms. The van der Waals surface area contributed by atoms with Crippen LogP contribution in [0.3, 0.4) is 0 Å². The summed E-state index contributed by atoms with van der Waals surface area (Å²) in [6, 6.07) is 7.50. The number of fused-ring (bicyclic) bond motifs is 1. The molecule has 1 aliphatic heterocycles. The minimum atomic E-state index is -1.23. The van der Waals surface area contributed by atoms with Gasteiger partial charge >= 0.3 is 0 Å². The van der Waals surface area contributed by atoms with E-state index >= 15 is 0 Å². The summed E-state index contributed by atoms with van der Waals surface area (Å²) >= 11 is 0. The van der Waals surface area contributed by atoms with Gasteiger partial charge in [0.15, 0.2) is 5.60 Å². The fraction of sp³-hybridized carbons (Fsp3) is 0.316. The van der Waals surface area contributed by atoms with Gasteiger partial charge in [0.25, 0.3) is 0 Å². The Balaban J connectivity index is 0.00000116. The summed E-state index contributed by atoms with van der Waals surface area (Å²) in [4.78, 5) is 4.27. The maximum absolute atomic E-state index is 10.9. The summed E-state index contributed by atoms with van der Waals surface area (Å²) in [7, 11) is 0. The highest BCUT2D eigenvalue weighted by Crippen LogP contribution is 2.40. The number of aliphatic hydroxyl groups is 1. The molecule has 2 rings (SSSR count). The van der Waals surface area contributed by atoms with Crippen LogP contribution in [0.15, 0.2) is 65.7 Å². The summed E-state index contributed by atoms with van der Waals surface area (Å²) in [5.74, 6) is 0.249. The molecule has 0 saturated carbocycles. The van der Waals surface area contributed by atoms with Gasteiger partial charge in [-0.2, -0.15) is 0 Å². The standard InChI is InChI=1S/C17H20N2O.C2H6/c1-3-5-9-13(8-4-2)12-17(20)14-10-6-7-11-15(14)19-16(17)18;1-2/h4-11,20H,2-3,12H2,1H3,(H2,18,19);1-2H3/b9-5-,13-8+;. The molecule has 1 aliphatic rings. The molecular formula is C19H26N2O. The van der Waals surface area contributed by atoms with Gasteiger partial charge in [0, 0.05) is 12.0 Å². The molecule has 22 heavy (non-hydrogen) atoms. The summed E-state index contributed by atoms with van der Waals surface area (Å²) in [5, 5.41) is 10.9. The van der Waals surface area contributed by atoms with Crippen LogP contribution in [0, 0.1) is 0 Å². The first-order valence-corrected chi connectivity index (χ1v) is 7.76. The van der Waals surface area contributed by atoms with Crippen LogP contribution in [0.4, 0.5) is 5.69 Å². The van der Waals surface area contributed by atoms with Crippen LogP contribution in [-0.4, -0.2) is 10.9 Å². The van der Waals surface area contributed by atoms with Crippen molar-refractivity contribution in [1.29, 1.82) is 0 Å². The topological polar surface area (TPSA) is 58.6 Å². The first-order chi connectivity index (χ1) is 10.6. The van der Waals surface area contributed by atoms with Crippen molar-refractivity contribution in [2.75, 3.05) is 0 Å².